The van der Waals surface area contributed by atoms with E-state index < -0.39 is 0 Å². The molecule has 1 aromatic carbocycles. The van der Waals surface area contributed by atoms with Crippen LogP contribution in [-0.4, -0.2) is 24.6 Å². The zero-order valence-electron chi connectivity index (χ0n) is 14.3. The van der Waals surface area contributed by atoms with Crippen LogP contribution in [-0.2, 0) is 6.42 Å². The Morgan fingerprint density at radius 1 is 1.18 bits per heavy atom. The Kier molecular flexibility index (Phi) is 7.16. The molecular formula is C18H30IN3. The van der Waals surface area contributed by atoms with Crippen molar-refractivity contribution in [3.8, 4) is 0 Å². The van der Waals surface area contributed by atoms with E-state index in [1.807, 2.05) is 0 Å². The van der Waals surface area contributed by atoms with Gasteiger partial charge in [-0.2, -0.15) is 0 Å². The van der Waals surface area contributed by atoms with Crippen LogP contribution in [0.1, 0.15) is 46.1 Å². The molecule has 22 heavy (non-hydrogen) atoms. The van der Waals surface area contributed by atoms with E-state index >= 15 is 0 Å². The predicted molar refractivity (Wildman–Crippen MR) is 106 cm³/mol. The summed E-state index contributed by atoms with van der Waals surface area (Å²) in [6.45, 7) is 10.4. The third-order valence-corrected chi connectivity index (χ3v) is 3.79. The van der Waals surface area contributed by atoms with Gasteiger partial charge in [0.05, 0.1) is 0 Å². The van der Waals surface area contributed by atoms with Crippen LogP contribution in [0.15, 0.2) is 35.3 Å². The zero-order chi connectivity index (χ0) is 15.3. The zero-order valence-corrected chi connectivity index (χ0v) is 16.6. The lowest BCUT2D eigenvalue weighted by Crippen LogP contribution is -2.47. The fraction of sp³-hybridized carbons (Fsp3) is 0.611. The number of nitrogens with zero attached hydrogens (tertiary/aromatic N) is 1. The molecule has 1 aliphatic carbocycles. The van der Waals surface area contributed by atoms with Gasteiger partial charge in [0.1, 0.15) is 0 Å². The first-order valence-electron chi connectivity index (χ1n) is 8.03. The predicted octanol–water partition coefficient (Wildman–Crippen LogP) is 3.98. The standard InChI is InChI=1S/C18H29N3.HI/c1-5-19-16(21-17(2,3)4)20-14-18(11-12-18)13-15-9-7-6-8-10-15;/h6-10H,5,11-14H2,1-4H3,(H2,19,20,21);1H. The lowest BCUT2D eigenvalue weighted by atomic mass is 9.97. The summed E-state index contributed by atoms with van der Waals surface area (Å²) in [6.07, 6.45) is 3.73. The van der Waals surface area contributed by atoms with Crippen molar-refractivity contribution in [2.45, 2.75) is 52.5 Å². The summed E-state index contributed by atoms with van der Waals surface area (Å²) in [4.78, 5) is 4.82. The molecule has 0 heterocycles. The smallest absolute Gasteiger partial charge is 0.191 e. The van der Waals surface area contributed by atoms with Gasteiger partial charge in [0, 0.05) is 18.6 Å². The lowest BCUT2D eigenvalue weighted by molar-refractivity contribution is 0.489. The number of benzene rings is 1. The second-order valence-electron chi connectivity index (χ2n) is 7.23. The van der Waals surface area contributed by atoms with E-state index in [1.165, 1.54) is 18.4 Å². The van der Waals surface area contributed by atoms with Crippen molar-refractivity contribution < 1.29 is 0 Å². The summed E-state index contributed by atoms with van der Waals surface area (Å²) < 4.78 is 0. The molecule has 0 aliphatic heterocycles. The number of nitrogens with one attached hydrogen (secondary N) is 2. The van der Waals surface area contributed by atoms with Gasteiger partial charge >= 0.3 is 0 Å². The van der Waals surface area contributed by atoms with Crippen molar-refractivity contribution in [1.29, 1.82) is 0 Å². The minimum absolute atomic E-state index is 0. The van der Waals surface area contributed by atoms with E-state index in [0.29, 0.717) is 5.41 Å². The molecule has 0 spiro atoms. The topological polar surface area (TPSA) is 36.4 Å². The van der Waals surface area contributed by atoms with Gasteiger partial charge in [-0.25, -0.2) is 0 Å². The van der Waals surface area contributed by atoms with Gasteiger partial charge in [-0.3, -0.25) is 4.99 Å². The maximum absolute atomic E-state index is 4.82. The molecule has 0 radical (unpaired) electrons. The summed E-state index contributed by atoms with van der Waals surface area (Å²) in [5.41, 5.74) is 1.86. The van der Waals surface area contributed by atoms with Crippen molar-refractivity contribution in [2.75, 3.05) is 13.1 Å². The Labute approximate surface area is 152 Å². The quantitative estimate of drug-likeness (QED) is 0.434. The van der Waals surface area contributed by atoms with E-state index in [-0.39, 0.29) is 29.5 Å². The highest BCUT2D eigenvalue weighted by Gasteiger charge is 2.42. The number of guanidine groups is 1. The van der Waals surface area contributed by atoms with Gasteiger partial charge in [-0.1, -0.05) is 30.3 Å². The molecule has 1 fully saturated rings. The minimum Gasteiger partial charge on any atom is -0.357 e. The van der Waals surface area contributed by atoms with Crippen LogP contribution in [0.3, 0.4) is 0 Å². The molecule has 0 saturated heterocycles. The van der Waals surface area contributed by atoms with E-state index in [0.717, 1.165) is 25.5 Å². The molecule has 1 aromatic rings. The number of hydrogen-bond donors (Lipinski definition) is 2. The summed E-state index contributed by atoms with van der Waals surface area (Å²) in [5, 5.41) is 6.80. The molecule has 0 amide bonds. The van der Waals surface area contributed by atoms with Crippen molar-refractivity contribution >= 4 is 29.9 Å². The van der Waals surface area contributed by atoms with Gasteiger partial charge in [-0.15, -0.1) is 24.0 Å². The van der Waals surface area contributed by atoms with Gasteiger partial charge in [0.25, 0.3) is 0 Å². The minimum atomic E-state index is 0. The maximum atomic E-state index is 4.82. The number of aliphatic imine (C=N–C) groups is 1. The largest absolute Gasteiger partial charge is 0.357 e. The first-order valence-corrected chi connectivity index (χ1v) is 8.03. The van der Waals surface area contributed by atoms with E-state index in [1.54, 1.807) is 0 Å². The molecule has 4 heteroatoms. The fourth-order valence-electron chi connectivity index (χ4n) is 2.51. The molecule has 1 aliphatic rings. The Morgan fingerprint density at radius 3 is 2.32 bits per heavy atom. The van der Waals surface area contributed by atoms with Gasteiger partial charge in [0.15, 0.2) is 5.96 Å². The molecule has 0 bridgehead atoms. The van der Waals surface area contributed by atoms with Crippen LogP contribution in [0.2, 0.25) is 0 Å². The van der Waals surface area contributed by atoms with Crippen molar-refractivity contribution in [1.82, 2.24) is 10.6 Å². The molecule has 1 saturated carbocycles. The van der Waals surface area contributed by atoms with Gasteiger partial charge in [0.2, 0.25) is 0 Å². The molecule has 3 nitrogen and oxygen atoms in total. The van der Waals surface area contributed by atoms with Crippen LogP contribution in [0.5, 0.6) is 0 Å². The Balaban J connectivity index is 0.00000242. The average molecular weight is 415 g/mol. The maximum Gasteiger partial charge on any atom is 0.191 e. The third kappa shape index (κ3) is 6.55. The second kappa shape index (κ2) is 8.18. The number of halogens is 1. The van der Waals surface area contributed by atoms with Crippen LogP contribution in [0, 0.1) is 5.41 Å². The monoisotopic (exact) mass is 415 g/mol. The van der Waals surface area contributed by atoms with Gasteiger partial charge < -0.3 is 10.6 Å². The highest BCUT2D eigenvalue weighted by molar-refractivity contribution is 14.0. The number of rotatable bonds is 5. The Morgan fingerprint density at radius 2 is 1.82 bits per heavy atom. The van der Waals surface area contributed by atoms with Crippen LogP contribution >= 0.6 is 24.0 Å². The molecule has 2 N–H and O–H groups in total. The van der Waals surface area contributed by atoms with Gasteiger partial charge in [-0.05, 0) is 57.9 Å². The first-order chi connectivity index (χ1) is 9.92. The van der Waals surface area contributed by atoms with Crippen LogP contribution in [0.25, 0.3) is 0 Å². The van der Waals surface area contributed by atoms with E-state index in [4.69, 9.17) is 4.99 Å². The normalized spacial score (nSPS) is 16.6. The summed E-state index contributed by atoms with van der Waals surface area (Å²) in [6, 6.07) is 10.8. The molecule has 2 rings (SSSR count). The SMILES string of the molecule is CCNC(=NCC1(Cc2ccccc2)CC1)NC(C)(C)C.I. The molecule has 0 unspecified atom stereocenters. The van der Waals surface area contributed by atoms with Crippen LogP contribution in [0.4, 0.5) is 0 Å². The van der Waals surface area contributed by atoms with Crippen molar-refractivity contribution in [3.05, 3.63) is 35.9 Å². The third-order valence-electron chi connectivity index (χ3n) is 3.79. The lowest BCUT2D eigenvalue weighted by Gasteiger charge is -2.24. The number of hydrogen-bond acceptors (Lipinski definition) is 1. The Hall–Kier alpha value is -0.780. The summed E-state index contributed by atoms with van der Waals surface area (Å²) in [5.74, 6) is 0.935. The molecule has 0 aromatic heterocycles. The van der Waals surface area contributed by atoms with Crippen LogP contribution < -0.4 is 10.6 Å². The van der Waals surface area contributed by atoms with E-state index in [9.17, 15) is 0 Å². The average Bonchev–Trinajstić information content (AvgIpc) is 3.16. The van der Waals surface area contributed by atoms with E-state index in [2.05, 4.69) is 68.7 Å². The Bertz CT molecular complexity index is 473. The molecule has 124 valence electrons. The molecule has 0 atom stereocenters. The summed E-state index contributed by atoms with van der Waals surface area (Å²) >= 11 is 0. The van der Waals surface area contributed by atoms with Crippen molar-refractivity contribution in [3.63, 3.8) is 0 Å². The summed E-state index contributed by atoms with van der Waals surface area (Å²) in [7, 11) is 0. The highest BCUT2D eigenvalue weighted by atomic mass is 127. The highest BCUT2D eigenvalue weighted by Crippen LogP contribution is 2.48. The second-order valence-corrected chi connectivity index (χ2v) is 7.23. The first kappa shape index (κ1) is 19.3. The van der Waals surface area contributed by atoms with Crippen molar-refractivity contribution in [2.24, 2.45) is 10.4 Å². The fourth-order valence-corrected chi connectivity index (χ4v) is 2.51. The molecular weight excluding hydrogens is 385 g/mol.